The summed E-state index contributed by atoms with van der Waals surface area (Å²) < 4.78 is 1.75. The fraction of sp³-hybridized carbons (Fsp3) is 0.0769. The fourth-order valence-electron chi connectivity index (χ4n) is 1.82. The van der Waals surface area contributed by atoms with Crippen molar-refractivity contribution in [1.29, 1.82) is 0 Å². The molecular weight excluding hydrogens is 248 g/mol. The maximum Gasteiger partial charge on any atom is 0.182 e. The van der Waals surface area contributed by atoms with E-state index in [2.05, 4.69) is 10.1 Å². The van der Waals surface area contributed by atoms with Crippen LogP contribution in [-0.4, -0.2) is 14.6 Å². The number of pyridine rings is 1. The molecule has 0 saturated carbocycles. The van der Waals surface area contributed by atoms with E-state index in [-0.39, 0.29) is 0 Å². The van der Waals surface area contributed by atoms with E-state index in [1.54, 1.807) is 4.52 Å². The minimum absolute atomic E-state index is 0.619. The Hall–Kier alpha value is -2.07. The van der Waals surface area contributed by atoms with E-state index >= 15 is 0 Å². The Morgan fingerprint density at radius 1 is 1.11 bits per heavy atom. The van der Waals surface area contributed by atoms with Crippen molar-refractivity contribution in [3.05, 3.63) is 47.1 Å². The standard InChI is InChI=1S/C13H11ClN4/c1-8-2-7-11(15)13-16-12(17-18(8)13)9-3-5-10(14)6-4-9/h2-7H,15H2,1H3. The average Bonchev–Trinajstić information content (AvgIpc) is 2.81. The molecule has 0 aliphatic rings. The van der Waals surface area contributed by atoms with Crippen molar-refractivity contribution < 1.29 is 0 Å². The summed E-state index contributed by atoms with van der Waals surface area (Å²) in [6.07, 6.45) is 0. The second-order valence-electron chi connectivity index (χ2n) is 4.11. The summed E-state index contributed by atoms with van der Waals surface area (Å²) >= 11 is 5.86. The van der Waals surface area contributed by atoms with E-state index in [9.17, 15) is 0 Å². The molecule has 0 amide bonds. The molecule has 1 aromatic carbocycles. The summed E-state index contributed by atoms with van der Waals surface area (Å²) in [4.78, 5) is 4.46. The quantitative estimate of drug-likeness (QED) is 0.730. The first kappa shape index (κ1) is 11.0. The molecule has 0 bridgehead atoms. The maximum absolute atomic E-state index is 5.90. The first-order valence-electron chi connectivity index (χ1n) is 5.53. The highest BCUT2D eigenvalue weighted by Gasteiger charge is 2.09. The normalized spacial score (nSPS) is 11.0. The monoisotopic (exact) mass is 258 g/mol. The molecule has 0 fully saturated rings. The molecule has 0 aliphatic carbocycles. The van der Waals surface area contributed by atoms with Gasteiger partial charge in [0.1, 0.15) is 0 Å². The number of rotatable bonds is 1. The van der Waals surface area contributed by atoms with Crippen molar-refractivity contribution in [3.8, 4) is 11.4 Å². The Balaban J connectivity index is 2.22. The van der Waals surface area contributed by atoms with Gasteiger partial charge in [0, 0.05) is 16.3 Å². The molecule has 0 unspecified atom stereocenters. The molecule has 2 aromatic heterocycles. The highest BCUT2D eigenvalue weighted by molar-refractivity contribution is 6.30. The predicted octanol–water partition coefficient (Wildman–Crippen LogP) is 2.94. The van der Waals surface area contributed by atoms with Crippen LogP contribution in [0.2, 0.25) is 5.02 Å². The molecule has 0 spiro atoms. The van der Waals surface area contributed by atoms with E-state index in [0.29, 0.717) is 22.2 Å². The highest BCUT2D eigenvalue weighted by Crippen LogP contribution is 2.21. The van der Waals surface area contributed by atoms with Crippen molar-refractivity contribution in [2.24, 2.45) is 0 Å². The topological polar surface area (TPSA) is 56.2 Å². The van der Waals surface area contributed by atoms with E-state index in [1.165, 1.54) is 0 Å². The Kier molecular flexibility index (Phi) is 2.45. The van der Waals surface area contributed by atoms with E-state index < -0.39 is 0 Å². The van der Waals surface area contributed by atoms with Gasteiger partial charge in [0.2, 0.25) is 0 Å². The third-order valence-corrected chi connectivity index (χ3v) is 3.06. The van der Waals surface area contributed by atoms with Crippen LogP contribution in [0.25, 0.3) is 17.0 Å². The van der Waals surface area contributed by atoms with Crippen molar-refractivity contribution in [2.75, 3.05) is 5.73 Å². The Morgan fingerprint density at radius 2 is 1.83 bits per heavy atom. The van der Waals surface area contributed by atoms with Crippen LogP contribution >= 0.6 is 11.6 Å². The maximum atomic E-state index is 5.90. The second kappa shape index (κ2) is 3.99. The van der Waals surface area contributed by atoms with Gasteiger partial charge < -0.3 is 5.73 Å². The minimum atomic E-state index is 0.619. The summed E-state index contributed by atoms with van der Waals surface area (Å²) in [7, 11) is 0. The first-order chi connectivity index (χ1) is 8.65. The Labute approximate surface area is 109 Å². The van der Waals surface area contributed by atoms with E-state index in [1.807, 2.05) is 43.3 Å². The molecule has 5 heteroatoms. The molecule has 2 heterocycles. The molecule has 18 heavy (non-hydrogen) atoms. The number of aryl methyl sites for hydroxylation is 1. The molecule has 2 N–H and O–H groups in total. The fourth-order valence-corrected chi connectivity index (χ4v) is 1.95. The van der Waals surface area contributed by atoms with Crippen LogP contribution in [0.1, 0.15) is 5.69 Å². The highest BCUT2D eigenvalue weighted by atomic mass is 35.5. The van der Waals surface area contributed by atoms with Crippen LogP contribution in [0.3, 0.4) is 0 Å². The van der Waals surface area contributed by atoms with Gasteiger partial charge >= 0.3 is 0 Å². The van der Waals surface area contributed by atoms with Crippen molar-refractivity contribution in [1.82, 2.24) is 14.6 Å². The second-order valence-corrected chi connectivity index (χ2v) is 4.54. The van der Waals surface area contributed by atoms with Gasteiger partial charge in [-0.15, -0.1) is 5.10 Å². The van der Waals surface area contributed by atoms with Crippen molar-refractivity contribution in [2.45, 2.75) is 6.92 Å². The predicted molar refractivity (Wildman–Crippen MR) is 72.6 cm³/mol. The lowest BCUT2D eigenvalue weighted by atomic mass is 10.2. The summed E-state index contributed by atoms with van der Waals surface area (Å²) in [6.45, 7) is 1.97. The number of anilines is 1. The zero-order chi connectivity index (χ0) is 12.7. The molecule has 0 atom stereocenters. The number of fused-ring (bicyclic) bond motifs is 1. The number of nitrogens with zero attached hydrogens (tertiary/aromatic N) is 3. The summed E-state index contributed by atoms with van der Waals surface area (Å²) in [6, 6.07) is 11.2. The van der Waals surface area contributed by atoms with Gasteiger partial charge in [-0.3, -0.25) is 0 Å². The molecule has 0 aliphatic heterocycles. The number of hydrogen-bond acceptors (Lipinski definition) is 3. The smallest absolute Gasteiger partial charge is 0.182 e. The van der Waals surface area contributed by atoms with Gasteiger partial charge in [-0.2, -0.15) is 0 Å². The molecule has 0 radical (unpaired) electrons. The van der Waals surface area contributed by atoms with Crippen LogP contribution in [0, 0.1) is 6.92 Å². The lowest BCUT2D eigenvalue weighted by molar-refractivity contribution is 0.920. The van der Waals surface area contributed by atoms with E-state index in [4.69, 9.17) is 17.3 Å². The number of aromatic nitrogens is 3. The van der Waals surface area contributed by atoms with Gasteiger partial charge in [0.25, 0.3) is 0 Å². The number of benzene rings is 1. The Morgan fingerprint density at radius 3 is 2.50 bits per heavy atom. The van der Waals surface area contributed by atoms with Crippen molar-refractivity contribution >= 4 is 22.9 Å². The van der Waals surface area contributed by atoms with Crippen LogP contribution < -0.4 is 5.73 Å². The SMILES string of the molecule is Cc1ccc(N)c2nc(-c3ccc(Cl)cc3)nn12. The molecule has 4 nitrogen and oxygen atoms in total. The van der Waals surface area contributed by atoms with E-state index in [0.717, 1.165) is 11.3 Å². The van der Waals surface area contributed by atoms with Gasteiger partial charge in [0.15, 0.2) is 11.5 Å². The number of nitrogens with two attached hydrogens (primary N) is 1. The molecule has 90 valence electrons. The lowest BCUT2D eigenvalue weighted by Crippen LogP contribution is -1.97. The molecule has 0 saturated heterocycles. The summed E-state index contributed by atoms with van der Waals surface area (Å²) in [5.74, 6) is 0.646. The third-order valence-electron chi connectivity index (χ3n) is 2.81. The number of halogens is 1. The lowest BCUT2D eigenvalue weighted by Gasteiger charge is -1.98. The zero-order valence-electron chi connectivity index (χ0n) is 9.76. The third kappa shape index (κ3) is 1.71. The number of nitrogen functional groups attached to an aromatic ring is 1. The average molecular weight is 259 g/mol. The summed E-state index contributed by atoms with van der Waals surface area (Å²) in [5, 5.41) is 5.15. The summed E-state index contributed by atoms with van der Waals surface area (Å²) in [5.41, 5.74) is 9.11. The minimum Gasteiger partial charge on any atom is -0.396 e. The van der Waals surface area contributed by atoms with Crippen LogP contribution in [0.15, 0.2) is 36.4 Å². The molecule has 3 rings (SSSR count). The number of hydrogen-bond donors (Lipinski definition) is 1. The molecule has 3 aromatic rings. The Bertz CT molecular complexity index is 677. The van der Waals surface area contributed by atoms with Gasteiger partial charge in [-0.25, -0.2) is 9.50 Å². The van der Waals surface area contributed by atoms with Crippen molar-refractivity contribution in [3.63, 3.8) is 0 Å². The van der Waals surface area contributed by atoms with Gasteiger partial charge in [-0.1, -0.05) is 11.6 Å². The van der Waals surface area contributed by atoms with Crippen LogP contribution in [0.5, 0.6) is 0 Å². The van der Waals surface area contributed by atoms with Gasteiger partial charge in [-0.05, 0) is 43.3 Å². The first-order valence-corrected chi connectivity index (χ1v) is 5.91. The molecular formula is C13H11ClN4. The van der Waals surface area contributed by atoms with Crippen LogP contribution in [0.4, 0.5) is 5.69 Å². The van der Waals surface area contributed by atoms with Crippen LogP contribution in [-0.2, 0) is 0 Å². The van der Waals surface area contributed by atoms with Gasteiger partial charge in [0.05, 0.1) is 5.69 Å². The zero-order valence-corrected chi connectivity index (χ0v) is 10.5. The largest absolute Gasteiger partial charge is 0.396 e.